The van der Waals surface area contributed by atoms with Gasteiger partial charge in [-0.15, -0.1) is 0 Å². The summed E-state index contributed by atoms with van der Waals surface area (Å²) in [6.07, 6.45) is 1.08. The van der Waals surface area contributed by atoms with E-state index >= 15 is 0 Å². The van der Waals surface area contributed by atoms with E-state index < -0.39 is 12.1 Å². The second kappa shape index (κ2) is 4.70. The van der Waals surface area contributed by atoms with Gasteiger partial charge in [-0.2, -0.15) is 0 Å². The number of rotatable bonds is 2. The molecule has 1 aromatic heterocycles. The number of aliphatic hydroxyl groups excluding tert-OH is 1. The molecule has 0 bridgehead atoms. The fourth-order valence-corrected chi connectivity index (χ4v) is 2.18. The molecule has 2 atom stereocenters. The van der Waals surface area contributed by atoms with Gasteiger partial charge in [0.05, 0.1) is 17.8 Å². The molecule has 3 nitrogen and oxygen atoms in total. The van der Waals surface area contributed by atoms with Crippen LogP contribution in [-0.2, 0) is 0 Å². The summed E-state index contributed by atoms with van der Waals surface area (Å²) < 4.78 is 1.77. The molecule has 0 aliphatic carbocycles. The maximum absolute atomic E-state index is 9.36. The maximum Gasteiger partial charge on any atom is 0.0742 e. The van der Waals surface area contributed by atoms with Gasteiger partial charge in [0.15, 0.2) is 0 Å². The molecular weight excluding hydrogens is 312 g/mol. The standard InChI is InChI=1S/C9H12Br2N2O/c1-4-6(10)3-13-9(7(4)11)8(12)5(2)14/h3,5,8,14H,12H2,1-2H3/t5-,8-/m1/s1. The molecule has 0 aliphatic heterocycles. The minimum Gasteiger partial charge on any atom is -0.391 e. The highest BCUT2D eigenvalue weighted by atomic mass is 79.9. The summed E-state index contributed by atoms with van der Waals surface area (Å²) >= 11 is 6.79. The average Bonchev–Trinajstić information content (AvgIpc) is 2.13. The summed E-state index contributed by atoms with van der Waals surface area (Å²) in [5, 5.41) is 9.36. The van der Waals surface area contributed by atoms with Crippen molar-refractivity contribution in [2.24, 2.45) is 5.73 Å². The molecule has 5 heteroatoms. The highest BCUT2D eigenvalue weighted by Gasteiger charge is 2.18. The topological polar surface area (TPSA) is 59.1 Å². The Kier molecular flexibility index (Phi) is 4.06. The molecule has 0 aromatic carbocycles. The molecule has 0 saturated carbocycles. The Morgan fingerprint density at radius 3 is 2.57 bits per heavy atom. The van der Waals surface area contributed by atoms with Crippen LogP contribution in [-0.4, -0.2) is 16.2 Å². The Morgan fingerprint density at radius 2 is 2.07 bits per heavy atom. The third-order valence-corrected chi connectivity index (χ3v) is 3.87. The van der Waals surface area contributed by atoms with Gasteiger partial charge in [-0.25, -0.2) is 0 Å². The number of hydrogen-bond donors (Lipinski definition) is 2. The van der Waals surface area contributed by atoms with Gasteiger partial charge in [0.25, 0.3) is 0 Å². The van der Waals surface area contributed by atoms with Crippen LogP contribution in [0.25, 0.3) is 0 Å². The van der Waals surface area contributed by atoms with E-state index in [1.165, 1.54) is 0 Å². The zero-order chi connectivity index (χ0) is 10.9. The minimum absolute atomic E-state index is 0.462. The van der Waals surface area contributed by atoms with Gasteiger partial charge < -0.3 is 10.8 Å². The first-order chi connectivity index (χ1) is 6.45. The zero-order valence-electron chi connectivity index (χ0n) is 7.96. The molecular formula is C9H12Br2N2O. The van der Waals surface area contributed by atoms with Crippen LogP contribution in [0, 0.1) is 6.92 Å². The molecule has 0 aliphatic rings. The fourth-order valence-electron chi connectivity index (χ4n) is 1.04. The predicted octanol–water partition coefficient (Wildman–Crippen LogP) is 2.30. The smallest absolute Gasteiger partial charge is 0.0742 e. The van der Waals surface area contributed by atoms with E-state index in [0.29, 0.717) is 5.69 Å². The van der Waals surface area contributed by atoms with Crippen molar-refractivity contribution in [1.29, 1.82) is 0 Å². The van der Waals surface area contributed by atoms with Crippen LogP contribution in [0.3, 0.4) is 0 Å². The summed E-state index contributed by atoms with van der Waals surface area (Å²) in [5.41, 5.74) is 7.51. The highest BCUT2D eigenvalue weighted by molar-refractivity contribution is 9.11. The molecule has 14 heavy (non-hydrogen) atoms. The molecule has 1 heterocycles. The van der Waals surface area contributed by atoms with E-state index in [1.807, 2.05) is 6.92 Å². The van der Waals surface area contributed by atoms with E-state index in [9.17, 15) is 5.11 Å². The van der Waals surface area contributed by atoms with Crippen LogP contribution in [0.4, 0.5) is 0 Å². The number of nitrogens with zero attached hydrogens (tertiary/aromatic N) is 1. The second-order valence-corrected chi connectivity index (χ2v) is 4.84. The number of nitrogens with two attached hydrogens (primary N) is 1. The van der Waals surface area contributed by atoms with Crippen molar-refractivity contribution >= 4 is 31.9 Å². The van der Waals surface area contributed by atoms with Crippen LogP contribution in [0.2, 0.25) is 0 Å². The highest BCUT2D eigenvalue weighted by Crippen LogP contribution is 2.29. The Balaban J connectivity index is 3.17. The second-order valence-electron chi connectivity index (χ2n) is 3.20. The van der Waals surface area contributed by atoms with Crippen LogP contribution in [0.15, 0.2) is 15.1 Å². The van der Waals surface area contributed by atoms with Crippen molar-refractivity contribution in [2.75, 3.05) is 0 Å². The van der Waals surface area contributed by atoms with Gasteiger partial charge in [0.1, 0.15) is 0 Å². The Labute approximate surface area is 100.0 Å². The van der Waals surface area contributed by atoms with Crippen molar-refractivity contribution in [3.8, 4) is 0 Å². The molecule has 0 fully saturated rings. The minimum atomic E-state index is -0.612. The summed E-state index contributed by atoms with van der Waals surface area (Å²) in [5.74, 6) is 0. The molecule has 0 unspecified atom stereocenters. The van der Waals surface area contributed by atoms with E-state index in [1.54, 1.807) is 13.1 Å². The number of hydrogen-bond acceptors (Lipinski definition) is 3. The number of aromatic nitrogens is 1. The van der Waals surface area contributed by atoms with Crippen LogP contribution in [0.1, 0.15) is 24.2 Å². The lowest BCUT2D eigenvalue weighted by Gasteiger charge is -2.17. The van der Waals surface area contributed by atoms with E-state index in [-0.39, 0.29) is 0 Å². The first-order valence-corrected chi connectivity index (χ1v) is 5.78. The quantitative estimate of drug-likeness (QED) is 0.878. The van der Waals surface area contributed by atoms with Crippen molar-refractivity contribution in [3.05, 3.63) is 26.4 Å². The molecule has 0 spiro atoms. The lowest BCUT2D eigenvalue weighted by Crippen LogP contribution is -2.24. The number of aliphatic hydroxyl groups is 1. The van der Waals surface area contributed by atoms with E-state index in [0.717, 1.165) is 14.5 Å². The van der Waals surface area contributed by atoms with Gasteiger partial charge in [-0.3, -0.25) is 4.98 Å². The van der Waals surface area contributed by atoms with Crippen LogP contribution < -0.4 is 5.73 Å². The predicted molar refractivity (Wildman–Crippen MR) is 63.0 cm³/mol. The molecule has 3 N–H and O–H groups in total. The third-order valence-electron chi connectivity index (χ3n) is 2.06. The first kappa shape index (κ1) is 12.1. The lowest BCUT2D eigenvalue weighted by molar-refractivity contribution is 0.162. The molecule has 1 aromatic rings. The zero-order valence-corrected chi connectivity index (χ0v) is 11.1. The average molecular weight is 324 g/mol. The maximum atomic E-state index is 9.36. The van der Waals surface area contributed by atoms with Gasteiger partial charge in [-0.05, 0) is 51.3 Å². The van der Waals surface area contributed by atoms with Crippen molar-refractivity contribution < 1.29 is 5.11 Å². The van der Waals surface area contributed by atoms with Crippen LogP contribution >= 0.6 is 31.9 Å². The number of pyridine rings is 1. The molecule has 0 amide bonds. The van der Waals surface area contributed by atoms with Crippen LogP contribution in [0.5, 0.6) is 0 Å². The Hall–Kier alpha value is 0.0300. The first-order valence-electron chi connectivity index (χ1n) is 4.19. The van der Waals surface area contributed by atoms with Gasteiger partial charge in [-0.1, -0.05) is 0 Å². The normalized spacial score (nSPS) is 15.3. The van der Waals surface area contributed by atoms with Crippen molar-refractivity contribution in [2.45, 2.75) is 26.0 Å². The Morgan fingerprint density at radius 1 is 1.50 bits per heavy atom. The summed E-state index contributed by atoms with van der Waals surface area (Å²) in [6.45, 7) is 3.60. The summed E-state index contributed by atoms with van der Waals surface area (Å²) in [6, 6.07) is -0.462. The van der Waals surface area contributed by atoms with E-state index in [2.05, 4.69) is 36.8 Å². The molecule has 1 rings (SSSR count). The van der Waals surface area contributed by atoms with Crippen molar-refractivity contribution in [1.82, 2.24) is 4.98 Å². The van der Waals surface area contributed by atoms with Gasteiger partial charge in [0.2, 0.25) is 0 Å². The molecule has 0 saturated heterocycles. The summed E-state index contributed by atoms with van der Waals surface area (Å²) in [4.78, 5) is 4.18. The van der Waals surface area contributed by atoms with E-state index in [4.69, 9.17) is 5.73 Å². The SMILES string of the molecule is Cc1c(Br)cnc([C@H](N)[C@@H](C)O)c1Br. The third kappa shape index (κ3) is 2.34. The van der Waals surface area contributed by atoms with Crippen molar-refractivity contribution in [3.63, 3.8) is 0 Å². The monoisotopic (exact) mass is 322 g/mol. The molecule has 78 valence electrons. The van der Waals surface area contributed by atoms with Gasteiger partial charge in [0, 0.05) is 15.1 Å². The largest absolute Gasteiger partial charge is 0.391 e. The summed E-state index contributed by atoms with van der Waals surface area (Å²) in [7, 11) is 0. The Bertz CT molecular complexity index is 342. The van der Waals surface area contributed by atoms with Gasteiger partial charge >= 0.3 is 0 Å². The lowest BCUT2D eigenvalue weighted by atomic mass is 10.1. The fraction of sp³-hybridized carbons (Fsp3) is 0.444. The number of halogens is 2. The molecule has 0 radical (unpaired) electrons.